The first-order valence-corrected chi connectivity index (χ1v) is 7.89. The number of nitrogens with zero attached hydrogens (tertiary/aromatic N) is 2. The van der Waals surface area contributed by atoms with Crippen molar-refractivity contribution in [2.24, 2.45) is 5.92 Å². The Morgan fingerprint density at radius 3 is 2.74 bits per heavy atom. The summed E-state index contributed by atoms with van der Waals surface area (Å²) in [7, 11) is 0. The standard InChI is InChI=1S/C16H19N3O4/c20-15-8-11(10-18(15)13-5-1-2-6-13)16(21)17-12-4-3-7-14(9-12)19(22)23/h3-4,7,9,11,13H,1-2,5-6,8,10H2,(H,17,21)/t11-/m0/s1. The molecule has 23 heavy (non-hydrogen) atoms. The van der Waals surface area contributed by atoms with Crippen molar-refractivity contribution in [3.63, 3.8) is 0 Å². The van der Waals surface area contributed by atoms with Crippen molar-refractivity contribution in [1.82, 2.24) is 4.90 Å². The molecule has 7 heteroatoms. The van der Waals surface area contributed by atoms with Gasteiger partial charge in [0.25, 0.3) is 5.69 Å². The lowest BCUT2D eigenvalue weighted by molar-refractivity contribution is -0.384. The minimum absolute atomic E-state index is 0.0380. The van der Waals surface area contributed by atoms with Crippen LogP contribution >= 0.6 is 0 Å². The third-order valence-corrected chi connectivity index (χ3v) is 4.62. The largest absolute Gasteiger partial charge is 0.339 e. The fourth-order valence-electron chi connectivity index (χ4n) is 3.42. The molecule has 122 valence electrons. The quantitative estimate of drug-likeness (QED) is 0.681. The van der Waals surface area contributed by atoms with Crippen molar-refractivity contribution >= 4 is 23.2 Å². The van der Waals surface area contributed by atoms with Gasteiger partial charge in [0.05, 0.1) is 10.8 Å². The molecular weight excluding hydrogens is 298 g/mol. The summed E-state index contributed by atoms with van der Waals surface area (Å²) < 4.78 is 0. The first-order valence-electron chi connectivity index (χ1n) is 7.89. The van der Waals surface area contributed by atoms with Crippen LogP contribution in [0.4, 0.5) is 11.4 Å². The van der Waals surface area contributed by atoms with Crippen molar-refractivity contribution < 1.29 is 14.5 Å². The molecule has 3 rings (SSSR count). The molecule has 0 spiro atoms. The molecule has 2 aliphatic rings. The van der Waals surface area contributed by atoms with Gasteiger partial charge in [0.1, 0.15) is 0 Å². The highest BCUT2D eigenvalue weighted by Crippen LogP contribution is 2.30. The number of benzene rings is 1. The van der Waals surface area contributed by atoms with Crippen LogP contribution in [0.3, 0.4) is 0 Å². The van der Waals surface area contributed by atoms with Gasteiger partial charge in [0, 0.05) is 36.8 Å². The molecule has 1 aliphatic heterocycles. The minimum atomic E-state index is -0.503. The summed E-state index contributed by atoms with van der Waals surface area (Å²) in [5.74, 6) is -0.599. The van der Waals surface area contributed by atoms with Crippen LogP contribution in [-0.2, 0) is 9.59 Å². The molecule has 1 saturated carbocycles. The highest BCUT2D eigenvalue weighted by Gasteiger charge is 2.38. The molecular formula is C16H19N3O4. The Kier molecular flexibility index (Phi) is 4.27. The zero-order valence-corrected chi connectivity index (χ0v) is 12.7. The number of nitro benzene ring substituents is 1. The predicted molar refractivity (Wildman–Crippen MR) is 83.8 cm³/mol. The molecule has 2 amide bonds. The van der Waals surface area contributed by atoms with Crippen LogP contribution in [0, 0.1) is 16.0 Å². The van der Waals surface area contributed by atoms with Crippen LogP contribution < -0.4 is 5.32 Å². The number of amides is 2. The van der Waals surface area contributed by atoms with Gasteiger partial charge in [-0.15, -0.1) is 0 Å². The maximum atomic E-state index is 12.3. The molecule has 1 heterocycles. The molecule has 1 saturated heterocycles. The second kappa shape index (κ2) is 6.36. The normalized spacial score (nSPS) is 21.7. The number of hydrogen-bond acceptors (Lipinski definition) is 4. The van der Waals surface area contributed by atoms with Crippen molar-refractivity contribution in [3.05, 3.63) is 34.4 Å². The van der Waals surface area contributed by atoms with Gasteiger partial charge in [-0.05, 0) is 18.9 Å². The summed E-state index contributed by atoms with van der Waals surface area (Å²) in [6, 6.07) is 6.10. The Morgan fingerprint density at radius 1 is 1.30 bits per heavy atom. The highest BCUT2D eigenvalue weighted by atomic mass is 16.6. The molecule has 0 bridgehead atoms. The molecule has 0 radical (unpaired) electrons. The van der Waals surface area contributed by atoms with E-state index in [1.807, 2.05) is 4.90 Å². The lowest BCUT2D eigenvalue weighted by Gasteiger charge is -2.23. The van der Waals surface area contributed by atoms with E-state index in [0.29, 0.717) is 12.2 Å². The van der Waals surface area contributed by atoms with Gasteiger partial charge in [-0.25, -0.2) is 0 Å². The molecule has 1 N–H and O–H groups in total. The number of carbonyl (C=O) groups is 2. The van der Waals surface area contributed by atoms with Crippen LogP contribution in [0.15, 0.2) is 24.3 Å². The van der Waals surface area contributed by atoms with Crippen molar-refractivity contribution in [2.45, 2.75) is 38.1 Å². The van der Waals surface area contributed by atoms with E-state index in [-0.39, 0.29) is 35.9 Å². The Bertz CT molecular complexity index is 640. The molecule has 2 fully saturated rings. The summed E-state index contributed by atoms with van der Waals surface area (Å²) in [5, 5.41) is 13.5. The number of anilines is 1. The summed E-state index contributed by atoms with van der Waals surface area (Å²) in [6.45, 7) is 0.449. The highest BCUT2D eigenvalue weighted by molar-refractivity contribution is 5.97. The Labute approximate surface area is 133 Å². The van der Waals surface area contributed by atoms with E-state index < -0.39 is 4.92 Å². The van der Waals surface area contributed by atoms with E-state index in [4.69, 9.17) is 0 Å². The van der Waals surface area contributed by atoms with Crippen molar-refractivity contribution in [3.8, 4) is 0 Å². The third kappa shape index (κ3) is 3.33. The van der Waals surface area contributed by atoms with Gasteiger partial charge in [0.15, 0.2) is 0 Å². The van der Waals surface area contributed by atoms with Gasteiger partial charge in [-0.3, -0.25) is 19.7 Å². The first kappa shape index (κ1) is 15.5. The molecule has 0 aromatic heterocycles. The number of non-ortho nitro benzene ring substituents is 1. The second-order valence-electron chi connectivity index (χ2n) is 6.18. The second-order valence-corrected chi connectivity index (χ2v) is 6.18. The Morgan fingerprint density at radius 2 is 2.04 bits per heavy atom. The predicted octanol–water partition coefficient (Wildman–Crippen LogP) is 2.32. The SMILES string of the molecule is O=C(Nc1cccc([N+](=O)[O-])c1)[C@H]1CC(=O)N(C2CCCC2)C1. The van der Waals surface area contributed by atoms with Gasteiger partial charge >= 0.3 is 0 Å². The molecule has 0 unspecified atom stereocenters. The van der Waals surface area contributed by atoms with Gasteiger partial charge < -0.3 is 10.2 Å². The van der Waals surface area contributed by atoms with Crippen LogP contribution in [0.25, 0.3) is 0 Å². The zero-order valence-electron chi connectivity index (χ0n) is 12.7. The lowest BCUT2D eigenvalue weighted by Crippen LogP contribution is -2.35. The number of nitro groups is 1. The van der Waals surface area contributed by atoms with Gasteiger partial charge in [-0.2, -0.15) is 0 Å². The molecule has 1 aromatic rings. The van der Waals surface area contributed by atoms with E-state index in [9.17, 15) is 19.7 Å². The summed E-state index contributed by atoms with van der Waals surface area (Å²) in [5.41, 5.74) is 0.314. The van der Waals surface area contributed by atoms with E-state index in [1.165, 1.54) is 18.2 Å². The average Bonchev–Trinajstić information content (AvgIpc) is 3.16. The zero-order chi connectivity index (χ0) is 16.4. The smallest absolute Gasteiger partial charge is 0.271 e. The number of carbonyl (C=O) groups excluding carboxylic acids is 2. The maximum Gasteiger partial charge on any atom is 0.271 e. The van der Waals surface area contributed by atoms with Gasteiger partial charge in [-0.1, -0.05) is 18.9 Å². The molecule has 1 aliphatic carbocycles. The molecule has 1 atom stereocenters. The number of rotatable bonds is 4. The number of nitrogens with one attached hydrogen (secondary N) is 1. The third-order valence-electron chi connectivity index (χ3n) is 4.62. The Hall–Kier alpha value is -2.44. The van der Waals surface area contributed by atoms with Crippen LogP contribution in [0.2, 0.25) is 0 Å². The summed E-state index contributed by atoms with van der Waals surface area (Å²) in [4.78, 5) is 36.6. The van der Waals surface area contributed by atoms with Crippen molar-refractivity contribution in [2.75, 3.05) is 11.9 Å². The van der Waals surface area contributed by atoms with E-state index in [1.54, 1.807) is 6.07 Å². The van der Waals surface area contributed by atoms with Crippen molar-refractivity contribution in [1.29, 1.82) is 0 Å². The molecule has 7 nitrogen and oxygen atoms in total. The average molecular weight is 317 g/mol. The number of hydrogen-bond donors (Lipinski definition) is 1. The van der Waals surface area contributed by atoms with Crippen LogP contribution in [0.1, 0.15) is 32.1 Å². The van der Waals surface area contributed by atoms with Crippen LogP contribution in [-0.4, -0.2) is 34.2 Å². The fourth-order valence-corrected chi connectivity index (χ4v) is 3.42. The van der Waals surface area contributed by atoms with Gasteiger partial charge in [0.2, 0.25) is 11.8 Å². The first-order chi connectivity index (χ1) is 11.0. The monoisotopic (exact) mass is 317 g/mol. The fraction of sp³-hybridized carbons (Fsp3) is 0.500. The molecule has 1 aromatic carbocycles. The van der Waals surface area contributed by atoms with E-state index >= 15 is 0 Å². The number of likely N-dealkylation sites (tertiary alicyclic amines) is 1. The van der Waals surface area contributed by atoms with Crippen LogP contribution in [0.5, 0.6) is 0 Å². The summed E-state index contributed by atoms with van der Waals surface area (Å²) in [6.07, 6.45) is 4.53. The topological polar surface area (TPSA) is 92.5 Å². The Balaban J connectivity index is 1.63. The lowest BCUT2D eigenvalue weighted by atomic mass is 10.1. The minimum Gasteiger partial charge on any atom is -0.339 e. The summed E-state index contributed by atoms with van der Waals surface area (Å²) >= 11 is 0. The van der Waals surface area contributed by atoms with E-state index in [2.05, 4.69) is 5.32 Å². The maximum absolute atomic E-state index is 12.3. The van der Waals surface area contributed by atoms with E-state index in [0.717, 1.165) is 25.7 Å².